The summed E-state index contributed by atoms with van der Waals surface area (Å²) < 4.78 is 31.0. The van der Waals surface area contributed by atoms with Gasteiger partial charge in [0.2, 0.25) is 4.80 Å². The number of alkyl halides is 2. The Morgan fingerprint density at radius 2 is 1.96 bits per heavy atom. The fraction of sp³-hybridized carbons (Fsp3) is 0.350. The summed E-state index contributed by atoms with van der Waals surface area (Å²) in [4.78, 5) is 5.36. The molecule has 0 atom stereocenters. The number of benzene rings is 1. The van der Waals surface area contributed by atoms with Crippen LogP contribution in [0.1, 0.15) is 32.1 Å². The molecular formula is C20H23F2N3OS. The molecule has 1 aromatic heterocycles. The minimum absolute atomic E-state index is 0.143. The first-order chi connectivity index (χ1) is 13.2. The minimum atomic E-state index is -2.82. The highest BCUT2D eigenvalue weighted by atomic mass is 32.1. The van der Waals surface area contributed by atoms with Crippen LogP contribution in [0.15, 0.2) is 59.1 Å². The minimum Gasteiger partial charge on any atom is -0.435 e. The molecule has 27 heavy (non-hydrogen) atoms. The van der Waals surface area contributed by atoms with Gasteiger partial charge in [-0.3, -0.25) is 10.4 Å². The lowest BCUT2D eigenvalue weighted by molar-refractivity contribution is -0.0498. The van der Waals surface area contributed by atoms with Gasteiger partial charge in [-0.25, -0.2) is 4.68 Å². The summed E-state index contributed by atoms with van der Waals surface area (Å²) in [5, 5.41) is 2.00. The van der Waals surface area contributed by atoms with E-state index < -0.39 is 6.61 Å². The Bertz CT molecular complexity index is 845. The number of rotatable bonds is 7. The van der Waals surface area contributed by atoms with Gasteiger partial charge in [-0.15, -0.1) is 17.9 Å². The van der Waals surface area contributed by atoms with Crippen molar-refractivity contribution in [1.29, 1.82) is 0 Å². The second kappa shape index (κ2) is 9.50. The van der Waals surface area contributed by atoms with E-state index in [1.807, 2.05) is 10.1 Å². The van der Waals surface area contributed by atoms with Gasteiger partial charge in [0.25, 0.3) is 0 Å². The molecule has 7 heteroatoms. The zero-order valence-electron chi connectivity index (χ0n) is 15.0. The van der Waals surface area contributed by atoms with Crippen molar-refractivity contribution < 1.29 is 13.5 Å². The number of ether oxygens (including phenoxy) is 1. The largest absolute Gasteiger partial charge is 0.435 e. The van der Waals surface area contributed by atoms with Crippen molar-refractivity contribution >= 4 is 11.3 Å². The van der Waals surface area contributed by atoms with Crippen LogP contribution >= 0.6 is 11.3 Å². The molecule has 1 heterocycles. The molecule has 0 saturated heterocycles. The predicted octanol–water partition coefficient (Wildman–Crippen LogP) is 5.30. The molecule has 0 spiro atoms. The third kappa shape index (κ3) is 5.29. The van der Waals surface area contributed by atoms with Crippen molar-refractivity contribution in [1.82, 2.24) is 4.68 Å². The van der Waals surface area contributed by atoms with Gasteiger partial charge < -0.3 is 4.74 Å². The summed E-state index contributed by atoms with van der Waals surface area (Å²) in [6.45, 7) is 1.42. The molecule has 4 nitrogen and oxygen atoms in total. The van der Waals surface area contributed by atoms with Crippen LogP contribution < -0.4 is 15.0 Å². The molecule has 0 amide bonds. The number of halogens is 2. The Balaban J connectivity index is 1.90. The van der Waals surface area contributed by atoms with Gasteiger partial charge >= 0.3 is 6.61 Å². The first-order valence-corrected chi connectivity index (χ1v) is 9.87. The average Bonchev–Trinajstić information content (AvgIpc) is 3.08. The van der Waals surface area contributed by atoms with E-state index in [9.17, 15) is 8.78 Å². The normalized spacial score (nSPS) is 15.1. The Kier molecular flexibility index (Phi) is 6.81. The molecular weight excluding hydrogens is 368 g/mol. The zero-order valence-corrected chi connectivity index (χ0v) is 15.9. The van der Waals surface area contributed by atoms with Crippen LogP contribution in [0.2, 0.25) is 0 Å². The summed E-state index contributed by atoms with van der Waals surface area (Å²) >= 11 is 1.52. The first kappa shape index (κ1) is 19.4. The van der Waals surface area contributed by atoms with Crippen LogP contribution in [0.25, 0.3) is 11.3 Å². The Morgan fingerprint density at radius 3 is 2.63 bits per heavy atom. The summed E-state index contributed by atoms with van der Waals surface area (Å²) in [7, 11) is 0. The van der Waals surface area contributed by atoms with E-state index in [4.69, 9.17) is 0 Å². The van der Waals surface area contributed by atoms with Crippen molar-refractivity contribution in [3.05, 3.63) is 58.9 Å². The van der Waals surface area contributed by atoms with Gasteiger partial charge in [0, 0.05) is 17.1 Å². The highest BCUT2D eigenvalue weighted by Gasteiger charge is 2.10. The van der Waals surface area contributed by atoms with Crippen molar-refractivity contribution in [2.75, 3.05) is 12.0 Å². The summed E-state index contributed by atoms with van der Waals surface area (Å²) in [5.74, 6) is 0.143. The molecule has 3 rings (SSSR count). The second-order valence-corrected chi connectivity index (χ2v) is 7.10. The van der Waals surface area contributed by atoms with Crippen LogP contribution in [-0.2, 0) is 0 Å². The molecule has 1 aliphatic rings. The number of nitrogens with one attached hydrogen (secondary N) is 1. The summed E-state index contributed by atoms with van der Waals surface area (Å²) in [6.07, 6.45) is 9.80. The highest BCUT2D eigenvalue weighted by molar-refractivity contribution is 7.07. The Hall–Kier alpha value is -2.41. The first-order valence-electron chi connectivity index (χ1n) is 8.99. The second-order valence-electron chi connectivity index (χ2n) is 6.26. The van der Waals surface area contributed by atoms with Crippen molar-refractivity contribution in [2.45, 2.75) is 38.7 Å². The third-order valence-electron chi connectivity index (χ3n) is 4.33. The van der Waals surface area contributed by atoms with Gasteiger partial charge in [-0.1, -0.05) is 18.1 Å². The maximum absolute atomic E-state index is 12.3. The van der Waals surface area contributed by atoms with Gasteiger partial charge in [0.1, 0.15) is 5.75 Å². The highest BCUT2D eigenvalue weighted by Crippen LogP contribution is 2.25. The van der Waals surface area contributed by atoms with Crippen molar-refractivity contribution in [3.63, 3.8) is 0 Å². The van der Waals surface area contributed by atoms with Gasteiger partial charge in [0.15, 0.2) is 0 Å². The number of aromatic nitrogens is 1. The smallest absolute Gasteiger partial charge is 0.387 e. The third-order valence-corrected chi connectivity index (χ3v) is 5.20. The lowest BCUT2D eigenvalue weighted by atomic mass is 9.96. The van der Waals surface area contributed by atoms with Crippen LogP contribution in [-0.4, -0.2) is 17.8 Å². The van der Waals surface area contributed by atoms with E-state index in [0.29, 0.717) is 6.54 Å². The Morgan fingerprint density at radius 1 is 1.22 bits per heavy atom. The predicted molar refractivity (Wildman–Crippen MR) is 106 cm³/mol. The van der Waals surface area contributed by atoms with Crippen molar-refractivity contribution in [2.24, 2.45) is 4.99 Å². The molecule has 0 radical (unpaired) electrons. The fourth-order valence-corrected chi connectivity index (χ4v) is 3.87. The number of nitrogens with zero attached hydrogens (tertiary/aromatic N) is 2. The number of allylic oxidation sites excluding steroid dienone is 1. The maximum Gasteiger partial charge on any atom is 0.387 e. The van der Waals surface area contributed by atoms with E-state index in [1.54, 1.807) is 30.3 Å². The van der Waals surface area contributed by atoms with E-state index in [1.165, 1.54) is 36.2 Å². The number of hydrogen-bond donors (Lipinski definition) is 1. The van der Waals surface area contributed by atoms with E-state index >= 15 is 0 Å². The number of thiazole rings is 1. The lowest BCUT2D eigenvalue weighted by Crippen LogP contribution is -2.23. The Labute approximate surface area is 161 Å². The molecule has 1 N–H and O–H groups in total. The summed E-state index contributed by atoms with van der Waals surface area (Å²) in [6, 6.07) is 6.62. The standard InChI is InChI=1S/C20H23F2N3OS/c1-2-12-23-20-25(24-13-15-6-4-3-5-7-15)18(14-27-20)16-8-10-17(11-9-16)26-19(21)22/h2,8-11,13-14,19,24H,1,3-7,12H2. The molecule has 1 aliphatic carbocycles. The van der Waals surface area contributed by atoms with E-state index in [-0.39, 0.29) is 5.75 Å². The van der Waals surface area contributed by atoms with Crippen LogP contribution in [0, 0.1) is 0 Å². The zero-order chi connectivity index (χ0) is 19.1. The average molecular weight is 391 g/mol. The molecule has 1 aromatic carbocycles. The monoisotopic (exact) mass is 391 g/mol. The topological polar surface area (TPSA) is 38.5 Å². The van der Waals surface area contributed by atoms with Crippen LogP contribution in [0.3, 0.4) is 0 Å². The van der Waals surface area contributed by atoms with Crippen LogP contribution in [0.4, 0.5) is 8.78 Å². The summed E-state index contributed by atoms with van der Waals surface area (Å²) in [5.41, 5.74) is 6.58. The van der Waals surface area contributed by atoms with Crippen molar-refractivity contribution in [3.8, 4) is 17.0 Å². The van der Waals surface area contributed by atoms with Crippen LogP contribution in [0.5, 0.6) is 5.75 Å². The molecule has 0 bridgehead atoms. The molecule has 0 unspecified atom stereocenters. The van der Waals surface area contributed by atoms with E-state index in [0.717, 1.165) is 28.9 Å². The number of hydrogen-bond acceptors (Lipinski definition) is 4. The van der Waals surface area contributed by atoms with Gasteiger partial charge in [-0.05, 0) is 49.9 Å². The van der Waals surface area contributed by atoms with E-state index in [2.05, 4.69) is 27.9 Å². The molecule has 144 valence electrons. The quantitative estimate of drug-likeness (QED) is 0.651. The van der Waals surface area contributed by atoms with Gasteiger partial charge in [-0.2, -0.15) is 8.78 Å². The fourth-order valence-electron chi connectivity index (χ4n) is 3.00. The SMILES string of the molecule is C=CCN=c1scc(-c2ccc(OC(F)F)cc2)n1NC=C1CCCCC1. The maximum atomic E-state index is 12.3. The molecule has 2 aromatic rings. The molecule has 1 saturated carbocycles. The lowest BCUT2D eigenvalue weighted by Gasteiger charge is -2.15. The molecule has 0 aliphatic heterocycles. The molecule has 1 fully saturated rings. The van der Waals surface area contributed by atoms with Gasteiger partial charge in [0.05, 0.1) is 12.2 Å².